The van der Waals surface area contributed by atoms with E-state index in [1.54, 1.807) is 4.90 Å². The summed E-state index contributed by atoms with van der Waals surface area (Å²) in [5, 5.41) is 0. The van der Waals surface area contributed by atoms with Gasteiger partial charge in [-0.05, 0) is 53.9 Å². The number of ether oxygens (including phenoxy) is 1. The summed E-state index contributed by atoms with van der Waals surface area (Å²) in [6.07, 6.45) is 2.18. The molecule has 5 heteroatoms. The molecule has 2 saturated heterocycles. The molecule has 2 rings (SSSR count). The Balaban J connectivity index is 1.95. The van der Waals surface area contributed by atoms with E-state index in [1.165, 1.54) is 0 Å². The Labute approximate surface area is 127 Å². The number of nitrogens with zero attached hydrogens (tertiary/aromatic N) is 2. The standard InChI is InChI=1S/C16H28N2O3/c1-12(2)18-11-8-16(13(18)19)6-9-17(10-7-16)14(20)21-15(3,4)5/h12H,6-11H2,1-5H3. The first-order chi connectivity index (χ1) is 9.65. The molecule has 0 atom stereocenters. The summed E-state index contributed by atoms with van der Waals surface area (Å²) in [6, 6.07) is 0.265. The number of likely N-dealkylation sites (tertiary alicyclic amines) is 2. The first-order valence-electron chi connectivity index (χ1n) is 7.94. The predicted octanol–water partition coefficient (Wildman–Crippen LogP) is 2.64. The molecule has 0 bridgehead atoms. The van der Waals surface area contributed by atoms with E-state index in [1.807, 2.05) is 25.7 Å². The van der Waals surface area contributed by atoms with Crippen molar-refractivity contribution in [2.24, 2.45) is 5.41 Å². The van der Waals surface area contributed by atoms with E-state index in [-0.39, 0.29) is 23.5 Å². The zero-order chi connectivity index (χ0) is 15.8. The van der Waals surface area contributed by atoms with Crippen LogP contribution in [-0.2, 0) is 9.53 Å². The molecule has 2 aliphatic rings. The summed E-state index contributed by atoms with van der Waals surface area (Å²) in [7, 11) is 0. The zero-order valence-electron chi connectivity index (χ0n) is 13.9. The van der Waals surface area contributed by atoms with Crippen LogP contribution in [0.15, 0.2) is 0 Å². The van der Waals surface area contributed by atoms with Crippen molar-refractivity contribution in [1.29, 1.82) is 0 Å². The molecule has 1 spiro atoms. The molecule has 0 aromatic carbocycles. The predicted molar refractivity (Wildman–Crippen MR) is 80.9 cm³/mol. The van der Waals surface area contributed by atoms with Gasteiger partial charge in [0, 0.05) is 25.7 Å². The smallest absolute Gasteiger partial charge is 0.410 e. The number of amides is 2. The van der Waals surface area contributed by atoms with Crippen LogP contribution < -0.4 is 0 Å². The van der Waals surface area contributed by atoms with Gasteiger partial charge in [-0.25, -0.2) is 4.79 Å². The largest absolute Gasteiger partial charge is 0.444 e. The summed E-state index contributed by atoms with van der Waals surface area (Å²) in [4.78, 5) is 28.4. The van der Waals surface area contributed by atoms with Crippen LogP contribution in [-0.4, -0.2) is 53.1 Å². The SMILES string of the molecule is CC(C)N1CCC2(CCN(C(=O)OC(C)(C)C)CC2)C1=O. The van der Waals surface area contributed by atoms with E-state index in [9.17, 15) is 9.59 Å². The fourth-order valence-electron chi connectivity index (χ4n) is 3.25. The maximum atomic E-state index is 12.6. The Kier molecular flexibility index (Phi) is 4.22. The average Bonchev–Trinajstić information content (AvgIpc) is 2.66. The molecule has 2 heterocycles. The normalized spacial score (nSPS) is 22.3. The fraction of sp³-hybridized carbons (Fsp3) is 0.875. The minimum absolute atomic E-state index is 0.233. The highest BCUT2D eigenvalue weighted by Gasteiger charge is 2.49. The first kappa shape index (κ1) is 16.1. The molecule has 120 valence electrons. The average molecular weight is 296 g/mol. The monoisotopic (exact) mass is 296 g/mol. The summed E-state index contributed by atoms with van der Waals surface area (Å²) in [5.41, 5.74) is -0.702. The highest BCUT2D eigenvalue weighted by atomic mass is 16.6. The van der Waals surface area contributed by atoms with Gasteiger partial charge in [-0.2, -0.15) is 0 Å². The van der Waals surface area contributed by atoms with Crippen LogP contribution in [0.3, 0.4) is 0 Å². The Morgan fingerprint density at radius 1 is 1.14 bits per heavy atom. The van der Waals surface area contributed by atoms with Gasteiger partial charge in [0.1, 0.15) is 5.60 Å². The van der Waals surface area contributed by atoms with Crippen molar-refractivity contribution in [3.05, 3.63) is 0 Å². The lowest BCUT2D eigenvalue weighted by molar-refractivity contribution is -0.139. The van der Waals surface area contributed by atoms with Crippen LogP contribution in [0.1, 0.15) is 53.9 Å². The van der Waals surface area contributed by atoms with Crippen LogP contribution in [0.25, 0.3) is 0 Å². The third-order valence-electron chi connectivity index (χ3n) is 4.54. The van der Waals surface area contributed by atoms with Crippen LogP contribution >= 0.6 is 0 Å². The molecule has 0 saturated carbocycles. The molecule has 0 aromatic rings. The van der Waals surface area contributed by atoms with Crippen LogP contribution in [0.2, 0.25) is 0 Å². The van der Waals surface area contributed by atoms with Gasteiger partial charge in [0.15, 0.2) is 0 Å². The van der Waals surface area contributed by atoms with Gasteiger partial charge in [-0.1, -0.05) is 0 Å². The van der Waals surface area contributed by atoms with Crippen molar-refractivity contribution in [2.75, 3.05) is 19.6 Å². The molecule has 0 N–H and O–H groups in total. The van der Waals surface area contributed by atoms with Crippen molar-refractivity contribution < 1.29 is 14.3 Å². The third-order valence-corrected chi connectivity index (χ3v) is 4.54. The van der Waals surface area contributed by atoms with Gasteiger partial charge < -0.3 is 14.5 Å². The second kappa shape index (κ2) is 5.50. The number of carbonyl (C=O) groups is 2. The van der Waals surface area contributed by atoms with Crippen LogP contribution in [0, 0.1) is 5.41 Å². The lowest BCUT2D eigenvalue weighted by Gasteiger charge is -2.38. The number of piperidine rings is 1. The van der Waals surface area contributed by atoms with Gasteiger partial charge >= 0.3 is 6.09 Å². The van der Waals surface area contributed by atoms with Gasteiger partial charge in [-0.3, -0.25) is 4.79 Å². The lowest BCUT2D eigenvalue weighted by atomic mass is 9.77. The molecule has 0 radical (unpaired) electrons. The van der Waals surface area contributed by atoms with Crippen molar-refractivity contribution in [3.63, 3.8) is 0 Å². The lowest BCUT2D eigenvalue weighted by Crippen LogP contribution is -2.48. The van der Waals surface area contributed by atoms with Gasteiger partial charge in [0.25, 0.3) is 0 Å². The molecule has 2 amide bonds. The third kappa shape index (κ3) is 3.33. The minimum atomic E-state index is -0.468. The van der Waals surface area contributed by atoms with Crippen molar-refractivity contribution >= 4 is 12.0 Å². The topological polar surface area (TPSA) is 49.9 Å². The minimum Gasteiger partial charge on any atom is -0.444 e. The van der Waals surface area contributed by atoms with E-state index in [4.69, 9.17) is 4.74 Å². The van der Waals surface area contributed by atoms with E-state index < -0.39 is 5.60 Å². The molecule has 21 heavy (non-hydrogen) atoms. The molecular formula is C16H28N2O3. The number of rotatable bonds is 1. The van der Waals surface area contributed by atoms with Crippen molar-refractivity contribution in [2.45, 2.75) is 65.5 Å². The molecule has 5 nitrogen and oxygen atoms in total. The first-order valence-corrected chi connectivity index (χ1v) is 7.94. The zero-order valence-corrected chi connectivity index (χ0v) is 13.9. The van der Waals surface area contributed by atoms with Gasteiger partial charge in [0.2, 0.25) is 5.91 Å². The maximum Gasteiger partial charge on any atom is 0.410 e. The van der Waals surface area contributed by atoms with E-state index in [0.29, 0.717) is 13.1 Å². The number of carbonyl (C=O) groups excluding carboxylic acids is 2. The van der Waals surface area contributed by atoms with Crippen molar-refractivity contribution in [3.8, 4) is 0 Å². The van der Waals surface area contributed by atoms with Gasteiger partial charge in [0.05, 0.1) is 5.41 Å². The maximum absolute atomic E-state index is 12.6. The molecule has 0 unspecified atom stereocenters. The number of hydrogen-bond donors (Lipinski definition) is 0. The fourth-order valence-corrected chi connectivity index (χ4v) is 3.25. The highest BCUT2D eigenvalue weighted by Crippen LogP contribution is 2.42. The molecule has 0 aromatic heterocycles. The quantitative estimate of drug-likeness (QED) is 0.747. The summed E-state index contributed by atoms with van der Waals surface area (Å²) in [6.45, 7) is 11.8. The van der Waals surface area contributed by atoms with E-state index >= 15 is 0 Å². The Hall–Kier alpha value is -1.26. The number of hydrogen-bond acceptors (Lipinski definition) is 3. The Morgan fingerprint density at radius 2 is 1.67 bits per heavy atom. The van der Waals surface area contributed by atoms with E-state index in [2.05, 4.69) is 13.8 Å². The molecule has 2 aliphatic heterocycles. The van der Waals surface area contributed by atoms with E-state index in [0.717, 1.165) is 25.8 Å². The summed E-state index contributed by atoms with van der Waals surface area (Å²) >= 11 is 0. The van der Waals surface area contributed by atoms with Gasteiger partial charge in [-0.15, -0.1) is 0 Å². The Morgan fingerprint density at radius 3 is 2.10 bits per heavy atom. The molecule has 0 aliphatic carbocycles. The Bertz CT molecular complexity index is 418. The summed E-state index contributed by atoms with van der Waals surface area (Å²) < 4.78 is 5.41. The van der Waals surface area contributed by atoms with Crippen LogP contribution in [0.4, 0.5) is 4.79 Å². The molecule has 2 fully saturated rings. The van der Waals surface area contributed by atoms with Crippen molar-refractivity contribution in [1.82, 2.24) is 9.80 Å². The second-order valence-corrected chi connectivity index (χ2v) is 7.59. The van der Waals surface area contributed by atoms with Crippen LogP contribution in [0.5, 0.6) is 0 Å². The summed E-state index contributed by atoms with van der Waals surface area (Å²) in [5.74, 6) is 0.279. The highest BCUT2D eigenvalue weighted by molar-refractivity contribution is 5.85. The molecular weight excluding hydrogens is 268 g/mol. The second-order valence-electron chi connectivity index (χ2n) is 7.59.